The molecule has 0 aliphatic carbocycles. The van der Waals surface area contributed by atoms with Crippen LogP contribution in [0.3, 0.4) is 0 Å². The Balaban J connectivity index is 1.80. The van der Waals surface area contributed by atoms with Crippen molar-refractivity contribution in [1.29, 1.82) is 0 Å². The molecule has 23 heavy (non-hydrogen) atoms. The minimum Gasteiger partial charge on any atom is -0.377 e. The van der Waals surface area contributed by atoms with Crippen molar-refractivity contribution >= 4 is 5.96 Å². The predicted octanol–water partition coefficient (Wildman–Crippen LogP) is 2.99. The number of nitrogens with one attached hydrogen (secondary N) is 1. The second-order valence-corrected chi connectivity index (χ2v) is 5.94. The topological polar surface area (TPSA) is 36.9 Å². The van der Waals surface area contributed by atoms with Crippen LogP contribution in [0, 0.1) is 0 Å². The van der Waals surface area contributed by atoms with Gasteiger partial charge in [0.05, 0.1) is 13.2 Å². The van der Waals surface area contributed by atoms with Crippen molar-refractivity contribution in [2.24, 2.45) is 4.99 Å². The van der Waals surface area contributed by atoms with Gasteiger partial charge >= 0.3 is 0 Å². The lowest BCUT2D eigenvalue weighted by molar-refractivity contribution is 0.153. The van der Waals surface area contributed by atoms with E-state index in [9.17, 15) is 0 Å². The van der Waals surface area contributed by atoms with E-state index in [2.05, 4.69) is 59.5 Å². The molecule has 1 N–H and O–H groups in total. The molecule has 1 aliphatic heterocycles. The number of benzene rings is 1. The van der Waals surface area contributed by atoms with Crippen LogP contribution < -0.4 is 5.32 Å². The Labute approximate surface area is 140 Å². The molecular formula is C19H29N3O. The second kappa shape index (κ2) is 9.36. The third-order valence-electron chi connectivity index (χ3n) is 4.21. The number of hydrogen-bond donors (Lipinski definition) is 1. The van der Waals surface area contributed by atoms with Crippen molar-refractivity contribution in [3.8, 4) is 0 Å². The fourth-order valence-electron chi connectivity index (χ4n) is 2.74. The van der Waals surface area contributed by atoms with Gasteiger partial charge in [-0.1, -0.05) is 42.8 Å². The first kappa shape index (κ1) is 17.5. The first-order valence-corrected chi connectivity index (χ1v) is 8.48. The summed E-state index contributed by atoms with van der Waals surface area (Å²) in [4.78, 5) is 6.55. The molecule has 0 bridgehead atoms. The fourth-order valence-corrected chi connectivity index (χ4v) is 2.74. The maximum absolute atomic E-state index is 5.34. The van der Waals surface area contributed by atoms with Crippen molar-refractivity contribution in [3.63, 3.8) is 0 Å². The highest BCUT2D eigenvalue weighted by atomic mass is 16.5. The summed E-state index contributed by atoms with van der Waals surface area (Å²) in [6, 6.07) is 8.82. The van der Waals surface area contributed by atoms with Crippen LogP contribution in [0.1, 0.15) is 30.9 Å². The zero-order chi connectivity index (χ0) is 16.5. The highest BCUT2D eigenvalue weighted by Crippen LogP contribution is 2.11. The molecule has 0 aromatic heterocycles. The molecule has 0 spiro atoms. The molecule has 1 aliphatic rings. The van der Waals surface area contributed by atoms with Crippen LogP contribution in [0.25, 0.3) is 0 Å². The quantitative estimate of drug-likeness (QED) is 0.498. The number of nitrogens with zero attached hydrogens (tertiary/aromatic N) is 2. The van der Waals surface area contributed by atoms with Gasteiger partial charge in [-0.2, -0.15) is 0 Å². The van der Waals surface area contributed by atoms with E-state index in [0.717, 1.165) is 51.5 Å². The Kier molecular flexibility index (Phi) is 7.14. The van der Waals surface area contributed by atoms with E-state index in [1.54, 1.807) is 0 Å². The summed E-state index contributed by atoms with van der Waals surface area (Å²) >= 11 is 0. The summed E-state index contributed by atoms with van der Waals surface area (Å²) in [5, 5.41) is 3.45. The molecule has 0 atom stereocenters. The van der Waals surface area contributed by atoms with Crippen LogP contribution in [0.4, 0.5) is 0 Å². The molecule has 1 aromatic rings. The Morgan fingerprint density at radius 3 is 2.61 bits per heavy atom. The van der Waals surface area contributed by atoms with Gasteiger partial charge in [0.25, 0.3) is 0 Å². The zero-order valence-electron chi connectivity index (χ0n) is 14.6. The van der Waals surface area contributed by atoms with Gasteiger partial charge in [-0.25, -0.2) is 0 Å². The van der Waals surface area contributed by atoms with E-state index in [0.29, 0.717) is 0 Å². The van der Waals surface area contributed by atoms with Crippen LogP contribution >= 0.6 is 0 Å². The average Bonchev–Trinajstić information content (AvgIpc) is 2.60. The van der Waals surface area contributed by atoms with Crippen molar-refractivity contribution in [3.05, 3.63) is 47.0 Å². The zero-order valence-corrected chi connectivity index (χ0v) is 14.6. The highest BCUT2D eigenvalue weighted by molar-refractivity contribution is 5.79. The molecule has 4 heteroatoms. The summed E-state index contributed by atoms with van der Waals surface area (Å²) < 4.78 is 5.34. The number of ether oxygens (including phenoxy) is 1. The third-order valence-corrected chi connectivity index (χ3v) is 4.21. The monoisotopic (exact) mass is 315 g/mol. The van der Waals surface area contributed by atoms with Crippen molar-refractivity contribution in [2.45, 2.75) is 32.7 Å². The molecule has 0 amide bonds. The minimum atomic E-state index is 0.762. The lowest BCUT2D eigenvalue weighted by Crippen LogP contribution is -2.39. The summed E-state index contributed by atoms with van der Waals surface area (Å²) in [6.45, 7) is 5.57. The van der Waals surface area contributed by atoms with Gasteiger partial charge < -0.3 is 15.0 Å². The number of hydrogen-bond acceptors (Lipinski definition) is 2. The smallest absolute Gasteiger partial charge is 0.193 e. The second-order valence-electron chi connectivity index (χ2n) is 5.94. The molecule has 0 saturated carbocycles. The van der Waals surface area contributed by atoms with Gasteiger partial charge in [0.1, 0.15) is 0 Å². The standard InChI is InChI=1S/C19H29N3O/c1-4-16-5-7-18(8-6-16)15-22(3)19(20-2)21-12-9-17-10-13-23-14-11-17/h5-8,10H,4,9,11-15H2,1-3H3,(H,20,21). The number of rotatable bonds is 6. The Morgan fingerprint density at radius 2 is 2.00 bits per heavy atom. The molecule has 0 radical (unpaired) electrons. The van der Waals surface area contributed by atoms with Crippen molar-refractivity contribution in [1.82, 2.24) is 10.2 Å². The first-order chi connectivity index (χ1) is 11.2. The minimum absolute atomic E-state index is 0.762. The summed E-state index contributed by atoms with van der Waals surface area (Å²) in [6.07, 6.45) is 5.40. The largest absolute Gasteiger partial charge is 0.377 e. The summed E-state index contributed by atoms with van der Waals surface area (Å²) in [5.41, 5.74) is 4.17. The van der Waals surface area contributed by atoms with Gasteiger partial charge in [0, 0.05) is 27.2 Å². The molecule has 0 saturated heterocycles. The first-order valence-electron chi connectivity index (χ1n) is 8.48. The van der Waals surface area contributed by atoms with Crippen molar-refractivity contribution < 1.29 is 4.74 Å². The van der Waals surface area contributed by atoms with Gasteiger partial charge in [0.15, 0.2) is 5.96 Å². The van der Waals surface area contributed by atoms with Crippen molar-refractivity contribution in [2.75, 3.05) is 33.9 Å². The predicted molar refractivity (Wildman–Crippen MR) is 96.8 cm³/mol. The van der Waals surface area contributed by atoms with Crippen LogP contribution in [-0.4, -0.2) is 44.7 Å². The molecule has 4 nitrogen and oxygen atoms in total. The van der Waals surface area contributed by atoms with Gasteiger partial charge in [-0.3, -0.25) is 4.99 Å². The van der Waals surface area contributed by atoms with Gasteiger partial charge in [-0.05, 0) is 30.4 Å². The molecule has 1 heterocycles. The van der Waals surface area contributed by atoms with E-state index in [-0.39, 0.29) is 0 Å². The van der Waals surface area contributed by atoms with Gasteiger partial charge in [0.2, 0.25) is 0 Å². The fraction of sp³-hybridized carbons (Fsp3) is 0.526. The molecule has 2 rings (SSSR count). The van der Waals surface area contributed by atoms with E-state index < -0.39 is 0 Å². The molecular weight excluding hydrogens is 286 g/mol. The van der Waals surface area contributed by atoms with Gasteiger partial charge in [-0.15, -0.1) is 0 Å². The normalized spacial score (nSPS) is 15.3. The lowest BCUT2D eigenvalue weighted by Gasteiger charge is -2.23. The number of guanidine groups is 1. The van der Waals surface area contributed by atoms with E-state index in [1.165, 1.54) is 16.7 Å². The third kappa shape index (κ3) is 5.71. The number of aliphatic imine (C=N–C) groups is 1. The Morgan fingerprint density at radius 1 is 1.26 bits per heavy atom. The molecule has 0 fully saturated rings. The highest BCUT2D eigenvalue weighted by Gasteiger charge is 2.08. The van der Waals surface area contributed by atoms with Crippen LogP contribution in [0.5, 0.6) is 0 Å². The van der Waals surface area contributed by atoms with E-state index in [4.69, 9.17) is 4.74 Å². The van der Waals surface area contributed by atoms with E-state index >= 15 is 0 Å². The SMILES string of the molecule is CCc1ccc(CN(C)C(=NC)NCCC2=CCOCC2)cc1. The number of aryl methyl sites for hydroxylation is 1. The lowest BCUT2D eigenvalue weighted by atomic mass is 10.1. The summed E-state index contributed by atoms with van der Waals surface area (Å²) in [7, 11) is 3.92. The van der Waals surface area contributed by atoms with E-state index in [1.807, 2.05) is 7.05 Å². The van der Waals surface area contributed by atoms with Crippen LogP contribution in [0.2, 0.25) is 0 Å². The molecule has 0 unspecified atom stereocenters. The Hall–Kier alpha value is -1.81. The maximum Gasteiger partial charge on any atom is 0.193 e. The Bertz CT molecular complexity index is 534. The summed E-state index contributed by atoms with van der Waals surface area (Å²) in [5.74, 6) is 0.942. The van der Waals surface area contributed by atoms with Crippen LogP contribution in [-0.2, 0) is 17.7 Å². The molecule has 1 aromatic carbocycles. The van der Waals surface area contributed by atoms with Crippen LogP contribution in [0.15, 0.2) is 40.9 Å². The maximum atomic E-state index is 5.34. The average molecular weight is 315 g/mol. The molecule has 126 valence electrons.